The van der Waals surface area contributed by atoms with E-state index in [1.54, 1.807) is 0 Å². The molecule has 3 heterocycles. The summed E-state index contributed by atoms with van der Waals surface area (Å²) >= 11 is 1.37. The van der Waals surface area contributed by atoms with Crippen LogP contribution in [0, 0.1) is 19.8 Å². The maximum absolute atomic E-state index is 12.7. The summed E-state index contributed by atoms with van der Waals surface area (Å²) in [6.07, 6.45) is 5.63. The fourth-order valence-electron chi connectivity index (χ4n) is 4.60. The van der Waals surface area contributed by atoms with Crippen LogP contribution in [0.2, 0.25) is 0 Å². The molecule has 1 saturated heterocycles. The Morgan fingerprint density at radius 2 is 1.80 bits per heavy atom. The minimum Gasteiger partial charge on any atom is -0.462 e. The molecule has 0 bridgehead atoms. The minimum absolute atomic E-state index is 0.293. The number of nitrogens with zero attached hydrogens (tertiary/aromatic N) is 4. The maximum atomic E-state index is 12.7. The van der Waals surface area contributed by atoms with Crippen molar-refractivity contribution in [2.75, 3.05) is 37.7 Å². The minimum atomic E-state index is -0.302. The van der Waals surface area contributed by atoms with Crippen LogP contribution in [0.1, 0.15) is 60.1 Å². The number of carbonyl (C=O) groups is 2. The number of hydrogen-bond donors (Lipinski definition) is 0. The van der Waals surface area contributed by atoms with E-state index in [4.69, 9.17) is 9.72 Å². The molecular weight excluding hydrogens is 400 g/mol. The van der Waals surface area contributed by atoms with Crippen LogP contribution >= 0.6 is 11.3 Å². The van der Waals surface area contributed by atoms with Gasteiger partial charge >= 0.3 is 5.97 Å². The van der Waals surface area contributed by atoms with E-state index in [-0.39, 0.29) is 5.97 Å². The van der Waals surface area contributed by atoms with E-state index in [2.05, 4.69) is 9.88 Å². The largest absolute Gasteiger partial charge is 0.462 e. The Kier molecular flexibility index (Phi) is 6.22. The molecule has 1 aliphatic heterocycles. The molecule has 0 atom stereocenters. The van der Waals surface area contributed by atoms with Crippen molar-refractivity contribution in [2.45, 2.75) is 52.9 Å². The number of thiophene rings is 1. The van der Waals surface area contributed by atoms with Crippen molar-refractivity contribution >= 4 is 39.2 Å². The van der Waals surface area contributed by atoms with E-state index in [9.17, 15) is 9.59 Å². The third kappa shape index (κ3) is 4.15. The number of aromatic nitrogens is 2. The van der Waals surface area contributed by atoms with E-state index in [0.717, 1.165) is 34.7 Å². The maximum Gasteiger partial charge on any atom is 0.348 e. The van der Waals surface area contributed by atoms with Gasteiger partial charge in [-0.3, -0.25) is 4.79 Å². The van der Waals surface area contributed by atoms with Gasteiger partial charge in [0, 0.05) is 32.6 Å². The molecule has 1 saturated carbocycles. The second-order valence-corrected chi connectivity index (χ2v) is 9.27. The Morgan fingerprint density at radius 3 is 2.47 bits per heavy atom. The summed E-state index contributed by atoms with van der Waals surface area (Å²) in [6, 6.07) is 0. The van der Waals surface area contributed by atoms with Crippen molar-refractivity contribution in [1.82, 2.24) is 14.9 Å². The van der Waals surface area contributed by atoms with Crippen LogP contribution in [0.3, 0.4) is 0 Å². The van der Waals surface area contributed by atoms with Crippen molar-refractivity contribution in [3.63, 3.8) is 0 Å². The molecular formula is C22H30N4O3S. The number of piperazine rings is 1. The summed E-state index contributed by atoms with van der Waals surface area (Å²) in [7, 11) is 0. The van der Waals surface area contributed by atoms with Gasteiger partial charge in [0.05, 0.1) is 12.0 Å². The lowest BCUT2D eigenvalue weighted by Gasteiger charge is -2.36. The summed E-state index contributed by atoms with van der Waals surface area (Å²) in [5.41, 5.74) is 0.878. The number of carbonyl (C=O) groups excluding carboxylic acids is 2. The average Bonchev–Trinajstić information content (AvgIpc) is 3.35. The molecule has 0 unspecified atom stereocenters. The van der Waals surface area contributed by atoms with Gasteiger partial charge in [-0.15, -0.1) is 11.3 Å². The Hall–Kier alpha value is -2.22. The lowest BCUT2D eigenvalue weighted by Crippen LogP contribution is -2.49. The Bertz CT molecular complexity index is 943. The molecule has 0 aromatic carbocycles. The van der Waals surface area contributed by atoms with Crippen molar-refractivity contribution in [1.29, 1.82) is 0 Å². The molecule has 2 aromatic rings. The van der Waals surface area contributed by atoms with E-state index in [0.29, 0.717) is 48.6 Å². The predicted octanol–water partition coefficient (Wildman–Crippen LogP) is 3.71. The molecule has 0 radical (unpaired) electrons. The number of amides is 1. The van der Waals surface area contributed by atoms with Crippen molar-refractivity contribution in [3.05, 3.63) is 16.3 Å². The van der Waals surface area contributed by atoms with Crippen molar-refractivity contribution in [2.24, 2.45) is 5.92 Å². The number of aryl methyl sites for hydroxylation is 2. The number of fused-ring (bicyclic) bond motifs is 1. The third-order valence-corrected chi connectivity index (χ3v) is 7.38. The summed E-state index contributed by atoms with van der Waals surface area (Å²) in [4.78, 5) is 40.0. The second kappa shape index (κ2) is 8.88. The highest BCUT2D eigenvalue weighted by Gasteiger charge is 2.28. The SMILES string of the molecule is CCOC(=O)c1sc2nc(C)nc(N3CCN(C(=O)CC4CCCC4)CC3)c2c1C. The Balaban J connectivity index is 1.52. The summed E-state index contributed by atoms with van der Waals surface area (Å²) < 4.78 is 5.21. The lowest BCUT2D eigenvalue weighted by molar-refractivity contribution is -0.132. The second-order valence-electron chi connectivity index (χ2n) is 8.27. The standard InChI is InChI=1S/C22H30N4O3S/c1-4-29-22(28)19-14(2)18-20(23-15(3)24-21(18)30-19)26-11-9-25(10-12-26)17(27)13-16-7-5-6-8-16/h16H,4-13H2,1-3H3. The highest BCUT2D eigenvalue weighted by atomic mass is 32.1. The van der Waals surface area contributed by atoms with Gasteiger partial charge in [0.2, 0.25) is 5.91 Å². The molecule has 0 spiro atoms. The molecule has 2 aromatic heterocycles. The molecule has 1 amide bonds. The zero-order chi connectivity index (χ0) is 21.3. The van der Waals surface area contributed by atoms with Gasteiger partial charge in [0.25, 0.3) is 0 Å². The van der Waals surface area contributed by atoms with E-state index in [1.807, 2.05) is 25.7 Å². The zero-order valence-corrected chi connectivity index (χ0v) is 18.9. The van der Waals surface area contributed by atoms with Gasteiger partial charge in [0.1, 0.15) is 21.3 Å². The molecule has 0 N–H and O–H groups in total. The van der Waals surface area contributed by atoms with Gasteiger partial charge in [-0.2, -0.15) is 0 Å². The topological polar surface area (TPSA) is 75.6 Å². The number of ether oxygens (including phenoxy) is 1. The van der Waals surface area contributed by atoms with Gasteiger partial charge < -0.3 is 14.5 Å². The number of rotatable bonds is 5. The highest BCUT2D eigenvalue weighted by molar-refractivity contribution is 7.20. The van der Waals surface area contributed by atoms with Gasteiger partial charge in [-0.1, -0.05) is 12.8 Å². The fourth-order valence-corrected chi connectivity index (χ4v) is 5.71. The van der Waals surface area contributed by atoms with E-state index < -0.39 is 0 Å². The first-order valence-corrected chi connectivity index (χ1v) is 11.8. The van der Waals surface area contributed by atoms with E-state index >= 15 is 0 Å². The van der Waals surface area contributed by atoms with Gasteiger partial charge in [-0.05, 0) is 45.1 Å². The summed E-state index contributed by atoms with van der Waals surface area (Å²) in [6.45, 7) is 8.88. The molecule has 2 aliphatic rings. The number of esters is 1. The zero-order valence-electron chi connectivity index (χ0n) is 18.1. The average molecular weight is 431 g/mol. The van der Waals surface area contributed by atoms with Crippen LogP contribution in [0.4, 0.5) is 5.82 Å². The van der Waals surface area contributed by atoms with Crippen LogP contribution in [0.5, 0.6) is 0 Å². The van der Waals surface area contributed by atoms with Crippen LogP contribution in [-0.4, -0.2) is 59.5 Å². The first-order valence-electron chi connectivity index (χ1n) is 11.0. The number of hydrogen-bond acceptors (Lipinski definition) is 7. The molecule has 30 heavy (non-hydrogen) atoms. The molecule has 7 nitrogen and oxygen atoms in total. The Labute approximate surface area is 181 Å². The molecule has 2 fully saturated rings. The fraction of sp³-hybridized carbons (Fsp3) is 0.636. The first-order chi connectivity index (χ1) is 14.5. The molecule has 1 aliphatic carbocycles. The van der Waals surface area contributed by atoms with Crippen LogP contribution in [0.25, 0.3) is 10.2 Å². The lowest BCUT2D eigenvalue weighted by atomic mass is 10.0. The first kappa shape index (κ1) is 21.0. The van der Waals surface area contributed by atoms with Gasteiger partial charge in [-0.25, -0.2) is 14.8 Å². The smallest absolute Gasteiger partial charge is 0.348 e. The van der Waals surface area contributed by atoms with Crippen LogP contribution in [-0.2, 0) is 9.53 Å². The summed E-state index contributed by atoms with van der Waals surface area (Å²) in [5.74, 6) is 2.12. The Morgan fingerprint density at radius 1 is 1.10 bits per heavy atom. The van der Waals surface area contributed by atoms with Crippen molar-refractivity contribution in [3.8, 4) is 0 Å². The summed E-state index contributed by atoms with van der Waals surface area (Å²) in [5, 5.41) is 0.930. The monoisotopic (exact) mass is 430 g/mol. The van der Waals surface area contributed by atoms with E-state index in [1.165, 1.54) is 37.0 Å². The van der Waals surface area contributed by atoms with Crippen LogP contribution in [0.15, 0.2) is 0 Å². The third-order valence-electron chi connectivity index (χ3n) is 6.21. The van der Waals surface area contributed by atoms with Gasteiger partial charge in [0.15, 0.2) is 0 Å². The number of anilines is 1. The normalized spacial score (nSPS) is 17.7. The molecule has 4 rings (SSSR count). The molecule has 162 valence electrons. The predicted molar refractivity (Wildman–Crippen MR) is 118 cm³/mol. The highest BCUT2D eigenvalue weighted by Crippen LogP contribution is 2.36. The van der Waals surface area contributed by atoms with Crippen LogP contribution < -0.4 is 4.90 Å². The molecule has 8 heteroatoms. The quantitative estimate of drug-likeness (QED) is 0.673. The van der Waals surface area contributed by atoms with Crippen molar-refractivity contribution < 1.29 is 14.3 Å².